The highest BCUT2D eigenvalue weighted by Crippen LogP contribution is 2.34. The van der Waals surface area contributed by atoms with Crippen molar-refractivity contribution in [2.75, 3.05) is 19.9 Å². The summed E-state index contributed by atoms with van der Waals surface area (Å²) in [6.07, 6.45) is 2.96. The van der Waals surface area contributed by atoms with Crippen LogP contribution < -0.4 is 9.47 Å². The molecule has 2 aliphatic rings. The van der Waals surface area contributed by atoms with Crippen LogP contribution in [-0.2, 0) is 13.0 Å². The first-order valence-electron chi connectivity index (χ1n) is 9.78. The smallest absolute Gasteiger partial charge is 0.231 e. The van der Waals surface area contributed by atoms with Crippen LogP contribution in [0.25, 0.3) is 0 Å². The number of piperidine rings is 1. The highest BCUT2D eigenvalue weighted by molar-refractivity contribution is 5.98. The summed E-state index contributed by atoms with van der Waals surface area (Å²) < 4.78 is 10.7. The van der Waals surface area contributed by atoms with Gasteiger partial charge in [0, 0.05) is 30.3 Å². The lowest BCUT2D eigenvalue weighted by molar-refractivity contribution is 0.0809. The van der Waals surface area contributed by atoms with Gasteiger partial charge in [-0.25, -0.2) is 0 Å². The zero-order valence-corrected chi connectivity index (χ0v) is 16.0. The Hall–Kier alpha value is -2.34. The fraction of sp³-hybridized carbons (Fsp3) is 0.524. The zero-order chi connectivity index (χ0) is 18.8. The van der Waals surface area contributed by atoms with Gasteiger partial charge in [-0.05, 0) is 56.0 Å². The number of carbonyl (C=O) groups is 1. The second kappa shape index (κ2) is 7.72. The quantitative estimate of drug-likeness (QED) is 0.790. The molecule has 27 heavy (non-hydrogen) atoms. The molecular formula is C21H27N3O3. The first kappa shape index (κ1) is 18.0. The molecule has 4 rings (SSSR count). The van der Waals surface area contributed by atoms with Crippen molar-refractivity contribution in [3.63, 3.8) is 0 Å². The van der Waals surface area contributed by atoms with Crippen LogP contribution in [-0.4, -0.2) is 40.8 Å². The predicted molar refractivity (Wildman–Crippen MR) is 102 cm³/mol. The van der Waals surface area contributed by atoms with E-state index in [-0.39, 0.29) is 18.5 Å². The highest BCUT2D eigenvalue weighted by atomic mass is 16.7. The number of nitrogens with one attached hydrogen (secondary N) is 1. The van der Waals surface area contributed by atoms with Crippen molar-refractivity contribution >= 4 is 5.78 Å². The van der Waals surface area contributed by atoms with Crippen LogP contribution in [0.15, 0.2) is 24.3 Å². The minimum absolute atomic E-state index is 0.0252. The van der Waals surface area contributed by atoms with E-state index in [4.69, 9.17) is 9.47 Å². The molecule has 0 saturated carbocycles. The van der Waals surface area contributed by atoms with Crippen LogP contribution in [0.5, 0.6) is 11.5 Å². The second-order valence-electron chi connectivity index (χ2n) is 7.99. The molecule has 3 heterocycles. The highest BCUT2D eigenvalue weighted by Gasteiger charge is 2.28. The van der Waals surface area contributed by atoms with Gasteiger partial charge >= 0.3 is 0 Å². The fourth-order valence-electron chi connectivity index (χ4n) is 3.95. The van der Waals surface area contributed by atoms with E-state index in [1.807, 2.05) is 18.2 Å². The number of ketones is 1. The van der Waals surface area contributed by atoms with Gasteiger partial charge in [0.2, 0.25) is 6.79 Å². The van der Waals surface area contributed by atoms with E-state index in [1.54, 1.807) is 0 Å². The summed E-state index contributed by atoms with van der Waals surface area (Å²) in [5.41, 5.74) is 2.96. The number of likely N-dealkylation sites (tertiary alicyclic amines) is 1. The van der Waals surface area contributed by atoms with Gasteiger partial charge in [0.05, 0.1) is 5.69 Å². The number of benzene rings is 1. The normalized spacial score (nSPS) is 19.6. The molecular weight excluding hydrogens is 342 g/mol. The molecule has 0 aliphatic carbocycles. The number of hydrogen-bond donors (Lipinski definition) is 1. The Morgan fingerprint density at radius 2 is 2.15 bits per heavy atom. The largest absolute Gasteiger partial charge is 0.454 e. The van der Waals surface area contributed by atoms with E-state index in [0.717, 1.165) is 50.3 Å². The Morgan fingerprint density at radius 1 is 1.30 bits per heavy atom. The number of nitrogens with zero attached hydrogens (tertiary/aromatic N) is 2. The summed E-state index contributed by atoms with van der Waals surface area (Å²) in [6, 6.07) is 7.65. The number of rotatable bonds is 6. The molecule has 0 spiro atoms. The zero-order valence-electron chi connectivity index (χ0n) is 16.0. The molecule has 6 heteroatoms. The second-order valence-corrected chi connectivity index (χ2v) is 7.99. The number of Topliss-reactive ketones (excluding diaryl/α,β-unsaturated/α-hetero) is 1. The molecule has 0 amide bonds. The van der Waals surface area contributed by atoms with Crippen LogP contribution in [0.4, 0.5) is 0 Å². The number of H-pyrrole nitrogens is 1. The molecule has 1 aromatic carbocycles. The van der Waals surface area contributed by atoms with Crippen LogP contribution >= 0.6 is 0 Å². The number of ether oxygens (including phenoxy) is 2. The van der Waals surface area contributed by atoms with E-state index < -0.39 is 0 Å². The van der Waals surface area contributed by atoms with Gasteiger partial charge in [0.15, 0.2) is 17.3 Å². The molecule has 1 fully saturated rings. The third-order valence-electron chi connectivity index (χ3n) is 5.23. The summed E-state index contributed by atoms with van der Waals surface area (Å²) in [5.74, 6) is 2.21. The molecule has 1 saturated heterocycles. The molecule has 2 aromatic rings. The first-order chi connectivity index (χ1) is 13.1. The van der Waals surface area contributed by atoms with Crippen LogP contribution in [0, 0.1) is 11.8 Å². The lowest BCUT2D eigenvalue weighted by atomic mass is 9.90. The van der Waals surface area contributed by atoms with Crippen LogP contribution in [0.2, 0.25) is 0 Å². The van der Waals surface area contributed by atoms with E-state index in [9.17, 15) is 4.79 Å². The summed E-state index contributed by atoms with van der Waals surface area (Å²) in [5, 5.41) is 7.57. The molecule has 0 radical (unpaired) electrons. The maximum absolute atomic E-state index is 13.0. The number of aromatic amines is 1. The van der Waals surface area contributed by atoms with Gasteiger partial charge in [0.25, 0.3) is 0 Å². The van der Waals surface area contributed by atoms with Gasteiger partial charge in [-0.2, -0.15) is 5.10 Å². The Bertz CT molecular complexity index is 815. The summed E-state index contributed by atoms with van der Waals surface area (Å²) in [6.45, 7) is 7.25. The Balaban J connectivity index is 1.39. The Kier molecular flexibility index (Phi) is 5.16. The van der Waals surface area contributed by atoms with E-state index in [1.165, 1.54) is 0 Å². The molecule has 1 N–H and O–H groups in total. The van der Waals surface area contributed by atoms with Crippen LogP contribution in [0.1, 0.15) is 48.4 Å². The molecule has 0 unspecified atom stereocenters. The standard InChI is InChI=1S/C21H27N3O3/c1-14(2)8-17-10-18(23-22-17)12-24-7-3-4-16(11-24)21(25)15-5-6-19-20(9-15)27-13-26-19/h5-6,9-10,14,16H,3-4,7-8,11-13H2,1-2H3,(H,22,23)/t16-/m0/s1. The van der Waals surface area contributed by atoms with E-state index in [0.29, 0.717) is 23.0 Å². The van der Waals surface area contributed by atoms with Gasteiger partial charge in [-0.3, -0.25) is 14.8 Å². The fourth-order valence-corrected chi connectivity index (χ4v) is 3.95. The lowest BCUT2D eigenvalue weighted by Gasteiger charge is -2.31. The summed E-state index contributed by atoms with van der Waals surface area (Å²) in [7, 11) is 0. The average molecular weight is 369 g/mol. The number of fused-ring (bicyclic) bond motifs is 1. The molecule has 1 aromatic heterocycles. The lowest BCUT2D eigenvalue weighted by Crippen LogP contribution is -2.38. The maximum atomic E-state index is 13.0. The molecule has 1 atom stereocenters. The van der Waals surface area contributed by atoms with Gasteiger partial charge < -0.3 is 9.47 Å². The molecule has 2 aliphatic heterocycles. The number of carbonyl (C=O) groups excluding carboxylic acids is 1. The van der Waals surface area contributed by atoms with E-state index in [2.05, 4.69) is 35.0 Å². The SMILES string of the molecule is CC(C)Cc1cc(CN2CCC[C@H](C(=O)c3ccc4c(c3)OCO4)C2)[nH]n1. The van der Waals surface area contributed by atoms with Gasteiger partial charge in [-0.15, -0.1) is 0 Å². The van der Waals surface area contributed by atoms with Gasteiger partial charge in [0.1, 0.15) is 0 Å². The van der Waals surface area contributed by atoms with Crippen molar-refractivity contribution in [3.8, 4) is 11.5 Å². The predicted octanol–water partition coefficient (Wildman–Crippen LogP) is 3.43. The molecule has 6 nitrogen and oxygen atoms in total. The van der Waals surface area contributed by atoms with Gasteiger partial charge in [-0.1, -0.05) is 13.8 Å². The minimum Gasteiger partial charge on any atom is -0.454 e. The molecule has 0 bridgehead atoms. The van der Waals surface area contributed by atoms with Crippen molar-refractivity contribution in [1.29, 1.82) is 0 Å². The number of aromatic nitrogens is 2. The Labute approximate surface area is 159 Å². The van der Waals surface area contributed by atoms with Crippen molar-refractivity contribution in [2.24, 2.45) is 11.8 Å². The first-order valence-corrected chi connectivity index (χ1v) is 9.78. The Morgan fingerprint density at radius 3 is 3.00 bits per heavy atom. The monoisotopic (exact) mass is 369 g/mol. The van der Waals surface area contributed by atoms with Crippen molar-refractivity contribution in [1.82, 2.24) is 15.1 Å². The third-order valence-corrected chi connectivity index (χ3v) is 5.23. The van der Waals surface area contributed by atoms with E-state index >= 15 is 0 Å². The summed E-state index contributed by atoms with van der Waals surface area (Å²) in [4.78, 5) is 15.3. The van der Waals surface area contributed by atoms with Crippen molar-refractivity contribution in [2.45, 2.75) is 39.7 Å². The average Bonchev–Trinajstić information content (AvgIpc) is 3.29. The van der Waals surface area contributed by atoms with Crippen molar-refractivity contribution < 1.29 is 14.3 Å². The number of hydrogen-bond acceptors (Lipinski definition) is 5. The maximum Gasteiger partial charge on any atom is 0.231 e. The minimum atomic E-state index is 0.0252. The topological polar surface area (TPSA) is 67.5 Å². The summed E-state index contributed by atoms with van der Waals surface area (Å²) >= 11 is 0. The van der Waals surface area contributed by atoms with Crippen LogP contribution in [0.3, 0.4) is 0 Å². The molecule has 144 valence electrons. The van der Waals surface area contributed by atoms with Crippen molar-refractivity contribution in [3.05, 3.63) is 41.2 Å². The third kappa shape index (κ3) is 4.16.